The minimum Gasteiger partial charge on any atom is -0.452 e. The molecule has 1 N–H and O–H groups in total. The second kappa shape index (κ2) is 9.54. The molecule has 0 saturated carbocycles. The maximum Gasteiger partial charge on any atom is 0.331 e. The van der Waals surface area contributed by atoms with Gasteiger partial charge in [-0.2, -0.15) is 0 Å². The first-order valence-corrected chi connectivity index (χ1v) is 8.45. The van der Waals surface area contributed by atoms with E-state index < -0.39 is 18.5 Å². The predicted octanol–water partition coefficient (Wildman–Crippen LogP) is 3.24. The summed E-state index contributed by atoms with van der Waals surface area (Å²) in [5.41, 5.74) is 1.80. The summed E-state index contributed by atoms with van der Waals surface area (Å²) < 4.78 is 4.89. The zero-order valence-electron chi connectivity index (χ0n) is 14.9. The number of ether oxygens (including phenoxy) is 1. The van der Waals surface area contributed by atoms with Crippen LogP contribution in [0.4, 0.5) is 5.69 Å². The van der Waals surface area contributed by atoms with Crippen LogP contribution in [0.5, 0.6) is 0 Å². The van der Waals surface area contributed by atoms with Gasteiger partial charge in [-0.1, -0.05) is 23.7 Å². The van der Waals surface area contributed by atoms with Crippen LogP contribution in [-0.2, 0) is 14.3 Å². The molecule has 0 unspecified atom stereocenters. The van der Waals surface area contributed by atoms with Crippen LogP contribution in [0.3, 0.4) is 0 Å². The van der Waals surface area contributed by atoms with Gasteiger partial charge in [0.15, 0.2) is 6.61 Å². The van der Waals surface area contributed by atoms with E-state index >= 15 is 0 Å². The maximum atomic E-state index is 11.9. The van der Waals surface area contributed by atoms with E-state index in [1.807, 2.05) is 0 Å². The van der Waals surface area contributed by atoms with E-state index in [1.165, 1.54) is 11.0 Å². The lowest BCUT2D eigenvalue weighted by Crippen LogP contribution is -2.22. The number of carbonyl (C=O) groups excluding carboxylic acids is 3. The number of anilines is 1. The monoisotopic (exact) mass is 386 g/mol. The van der Waals surface area contributed by atoms with E-state index in [0.29, 0.717) is 16.3 Å². The van der Waals surface area contributed by atoms with Crippen LogP contribution in [0, 0.1) is 0 Å². The van der Waals surface area contributed by atoms with Gasteiger partial charge < -0.3 is 15.0 Å². The molecule has 0 spiro atoms. The molecule has 7 heteroatoms. The molecule has 0 aromatic heterocycles. The van der Waals surface area contributed by atoms with Crippen molar-refractivity contribution in [3.05, 3.63) is 70.8 Å². The van der Waals surface area contributed by atoms with Crippen molar-refractivity contribution in [3.8, 4) is 0 Å². The van der Waals surface area contributed by atoms with Crippen LogP contribution in [0.15, 0.2) is 54.6 Å². The van der Waals surface area contributed by atoms with Crippen LogP contribution >= 0.6 is 11.6 Å². The molecule has 0 bridgehead atoms. The summed E-state index contributed by atoms with van der Waals surface area (Å²) >= 11 is 5.78. The number of amides is 2. The minimum atomic E-state index is -0.632. The molecule has 27 heavy (non-hydrogen) atoms. The summed E-state index contributed by atoms with van der Waals surface area (Å²) in [6, 6.07) is 13.4. The molecule has 0 saturated heterocycles. The standard InChI is InChI=1S/C20H19ClN2O4/c1-23(2)20(26)15-6-10-17(11-7-15)22-18(24)13-27-19(25)12-5-14-3-8-16(21)9-4-14/h3-12H,13H2,1-2H3,(H,22,24)/b12-5+. The van der Waals surface area contributed by atoms with Crippen LogP contribution in [0.25, 0.3) is 6.08 Å². The summed E-state index contributed by atoms with van der Waals surface area (Å²) in [7, 11) is 3.32. The van der Waals surface area contributed by atoms with Gasteiger partial charge in [-0.15, -0.1) is 0 Å². The first-order valence-electron chi connectivity index (χ1n) is 8.07. The Labute approximate surface area is 162 Å². The van der Waals surface area contributed by atoms with Crippen LogP contribution in [0.1, 0.15) is 15.9 Å². The van der Waals surface area contributed by atoms with Crippen LogP contribution in [0.2, 0.25) is 5.02 Å². The van der Waals surface area contributed by atoms with Gasteiger partial charge >= 0.3 is 5.97 Å². The Hall–Kier alpha value is -3.12. The topological polar surface area (TPSA) is 75.7 Å². The second-order valence-corrected chi connectivity index (χ2v) is 6.25. The van der Waals surface area contributed by atoms with Gasteiger partial charge in [-0.05, 0) is 48.0 Å². The highest BCUT2D eigenvalue weighted by Gasteiger charge is 2.09. The molecule has 0 aliphatic carbocycles. The molecule has 2 aromatic rings. The van der Waals surface area contributed by atoms with Crippen molar-refractivity contribution in [1.29, 1.82) is 0 Å². The minimum absolute atomic E-state index is 0.130. The zero-order valence-corrected chi connectivity index (χ0v) is 15.7. The number of carbonyl (C=O) groups is 3. The number of hydrogen-bond acceptors (Lipinski definition) is 4. The van der Waals surface area contributed by atoms with Crippen LogP contribution in [-0.4, -0.2) is 43.4 Å². The van der Waals surface area contributed by atoms with Gasteiger partial charge in [0.05, 0.1) is 0 Å². The Bertz CT molecular complexity index is 843. The van der Waals surface area contributed by atoms with E-state index in [0.717, 1.165) is 5.56 Å². The van der Waals surface area contributed by atoms with Crippen LogP contribution < -0.4 is 5.32 Å². The fourth-order valence-corrected chi connectivity index (χ4v) is 2.20. The van der Waals surface area contributed by atoms with Crippen molar-refractivity contribution in [2.24, 2.45) is 0 Å². The van der Waals surface area contributed by atoms with Gasteiger partial charge in [0.1, 0.15) is 0 Å². The molecule has 2 amide bonds. The maximum absolute atomic E-state index is 11.9. The molecular weight excluding hydrogens is 368 g/mol. The Morgan fingerprint density at radius 2 is 1.67 bits per heavy atom. The lowest BCUT2D eigenvalue weighted by Gasteiger charge is -2.11. The number of nitrogens with one attached hydrogen (secondary N) is 1. The molecule has 0 atom stereocenters. The molecule has 0 aliphatic heterocycles. The zero-order chi connectivity index (χ0) is 19.8. The van der Waals surface area contributed by atoms with Crippen molar-refractivity contribution in [3.63, 3.8) is 0 Å². The summed E-state index contributed by atoms with van der Waals surface area (Å²) in [6.45, 7) is -0.415. The highest BCUT2D eigenvalue weighted by Crippen LogP contribution is 2.12. The lowest BCUT2D eigenvalue weighted by atomic mass is 10.2. The average Bonchev–Trinajstić information content (AvgIpc) is 2.66. The highest BCUT2D eigenvalue weighted by molar-refractivity contribution is 6.30. The predicted molar refractivity (Wildman–Crippen MR) is 105 cm³/mol. The Balaban J connectivity index is 1.80. The average molecular weight is 387 g/mol. The molecular formula is C20H19ClN2O4. The van der Waals surface area contributed by atoms with Crippen molar-refractivity contribution < 1.29 is 19.1 Å². The van der Waals surface area contributed by atoms with Gasteiger partial charge in [0.2, 0.25) is 0 Å². The molecule has 2 aromatic carbocycles. The third-order valence-electron chi connectivity index (χ3n) is 3.45. The number of hydrogen-bond donors (Lipinski definition) is 1. The van der Waals surface area contributed by atoms with Crippen molar-refractivity contribution in [1.82, 2.24) is 4.90 Å². The molecule has 2 rings (SSSR count). The molecule has 6 nitrogen and oxygen atoms in total. The molecule has 140 valence electrons. The summed E-state index contributed by atoms with van der Waals surface area (Å²) in [6.07, 6.45) is 2.80. The number of rotatable bonds is 6. The van der Waals surface area contributed by atoms with E-state index in [4.69, 9.17) is 16.3 Å². The third kappa shape index (κ3) is 6.60. The normalized spacial score (nSPS) is 10.5. The van der Waals surface area contributed by atoms with Gasteiger partial charge in [0, 0.05) is 36.4 Å². The Kier molecular flexibility index (Phi) is 7.14. The first-order chi connectivity index (χ1) is 12.8. The Morgan fingerprint density at radius 3 is 2.26 bits per heavy atom. The number of nitrogens with zero attached hydrogens (tertiary/aromatic N) is 1. The van der Waals surface area contributed by atoms with Crippen molar-refractivity contribution in [2.45, 2.75) is 0 Å². The molecule has 0 radical (unpaired) electrons. The van der Waals surface area contributed by atoms with E-state index in [-0.39, 0.29) is 5.91 Å². The smallest absolute Gasteiger partial charge is 0.331 e. The highest BCUT2D eigenvalue weighted by atomic mass is 35.5. The molecule has 0 fully saturated rings. The van der Waals surface area contributed by atoms with Gasteiger partial charge in [-0.3, -0.25) is 9.59 Å². The summed E-state index contributed by atoms with van der Waals surface area (Å²) in [5, 5.41) is 3.20. The van der Waals surface area contributed by atoms with Crippen molar-refractivity contribution >= 4 is 41.1 Å². The quantitative estimate of drug-likeness (QED) is 0.610. The number of benzene rings is 2. The van der Waals surface area contributed by atoms with Gasteiger partial charge in [0.25, 0.3) is 11.8 Å². The number of esters is 1. The third-order valence-corrected chi connectivity index (χ3v) is 3.70. The SMILES string of the molecule is CN(C)C(=O)c1ccc(NC(=O)COC(=O)/C=C/c2ccc(Cl)cc2)cc1. The lowest BCUT2D eigenvalue weighted by molar-refractivity contribution is -0.142. The van der Waals surface area contributed by atoms with Crippen molar-refractivity contribution in [2.75, 3.05) is 26.0 Å². The number of halogens is 1. The second-order valence-electron chi connectivity index (χ2n) is 5.82. The largest absolute Gasteiger partial charge is 0.452 e. The summed E-state index contributed by atoms with van der Waals surface area (Å²) in [5.74, 6) is -1.24. The molecule has 0 aliphatic rings. The first kappa shape index (κ1) is 20.2. The summed E-state index contributed by atoms with van der Waals surface area (Å²) in [4.78, 5) is 36.8. The fourth-order valence-electron chi connectivity index (χ4n) is 2.07. The van der Waals surface area contributed by atoms with E-state index in [1.54, 1.807) is 68.7 Å². The fraction of sp³-hybridized carbons (Fsp3) is 0.150. The van der Waals surface area contributed by atoms with E-state index in [2.05, 4.69) is 5.32 Å². The molecule has 0 heterocycles. The Morgan fingerprint density at radius 1 is 1.04 bits per heavy atom. The van der Waals surface area contributed by atoms with Gasteiger partial charge in [-0.25, -0.2) is 4.79 Å². The van der Waals surface area contributed by atoms with E-state index in [9.17, 15) is 14.4 Å².